The van der Waals surface area contributed by atoms with E-state index in [1.165, 1.54) is 11.1 Å². The quantitative estimate of drug-likeness (QED) is 0.223. The van der Waals surface area contributed by atoms with Crippen molar-refractivity contribution in [3.63, 3.8) is 0 Å². The Bertz CT molecular complexity index is 1070. The molecule has 0 saturated carbocycles. The van der Waals surface area contributed by atoms with E-state index in [-0.39, 0.29) is 21.9 Å². The van der Waals surface area contributed by atoms with Crippen molar-refractivity contribution < 1.29 is 18.7 Å². The lowest BCUT2D eigenvalue weighted by Crippen LogP contribution is -2.45. The topological polar surface area (TPSA) is 47.9 Å². The van der Waals surface area contributed by atoms with Gasteiger partial charge in [-0.25, -0.2) is 0 Å². The second-order valence-electron chi connectivity index (χ2n) is 15.0. The number of hydrogen-bond acceptors (Lipinski definition) is 4. The molecule has 1 aliphatic rings. The van der Waals surface area contributed by atoms with Crippen LogP contribution in [0.5, 0.6) is 17.2 Å². The van der Waals surface area contributed by atoms with E-state index in [1.807, 2.05) is 6.92 Å². The standard InChI is InChI=1S/C33H58O4Si2/c1-21(2)26(34)20-18-22(3)25-19-17-23(4)27-28(25)29(36-38(13,14)32(6,7)8)24(5)30(35-12)31(27)37-39(15,16)33(9,10)11/h17,19,22-23,25-26,34H,1,18,20H2,2-16H3/t22-,23-,25+,26?/m0/s1. The van der Waals surface area contributed by atoms with Crippen molar-refractivity contribution in [1.29, 1.82) is 0 Å². The van der Waals surface area contributed by atoms with Crippen molar-refractivity contribution in [2.24, 2.45) is 5.92 Å². The van der Waals surface area contributed by atoms with Crippen LogP contribution in [0.25, 0.3) is 0 Å². The third-order valence-electron chi connectivity index (χ3n) is 9.67. The Labute approximate surface area is 242 Å². The summed E-state index contributed by atoms with van der Waals surface area (Å²) in [6.45, 7) is 35.5. The highest BCUT2D eigenvalue weighted by Crippen LogP contribution is 2.56. The molecule has 0 aromatic heterocycles. The Morgan fingerprint density at radius 2 is 1.38 bits per heavy atom. The fraction of sp³-hybridized carbons (Fsp3) is 0.697. The number of fused-ring (bicyclic) bond motifs is 1. The molecule has 0 heterocycles. The first-order valence-corrected chi connectivity index (χ1v) is 20.5. The lowest BCUT2D eigenvalue weighted by Gasteiger charge is -2.42. The van der Waals surface area contributed by atoms with Gasteiger partial charge in [0.25, 0.3) is 16.6 Å². The minimum atomic E-state index is -2.17. The molecule has 39 heavy (non-hydrogen) atoms. The molecule has 0 aliphatic heterocycles. The van der Waals surface area contributed by atoms with E-state index < -0.39 is 22.7 Å². The number of hydrogen-bond donors (Lipinski definition) is 1. The van der Waals surface area contributed by atoms with Gasteiger partial charge in [-0.15, -0.1) is 0 Å². The second kappa shape index (κ2) is 11.8. The number of rotatable bonds is 10. The summed E-state index contributed by atoms with van der Waals surface area (Å²) in [7, 11) is -2.58. The third-order valence-corrected chi connectivity index (χ3v) is 18.3. The van der Waals surface area contributed by atoms with Crippen LogP contribution in [0.15, 0.2) is 24.3 Å². The van der Waals surface area contributed by atoms with E-state index in [0.717, 1.165) is 34.8 Å². The van der Waals surface area contributed by atoms with Gasteiger partial charge >= 0.3 is 0 Å². The molecule has 4 atom stereocenters. The van der Waals surface area contributed by atoms with Crippen LogP contribution in [0, 0.1) is 12.8 Å². The number of aliphatic hydroxyl groups is 1. The molecular formula is C33H58O4Si2. The average Bonchev–Trinajstić information content (AvgIpc) is 2.78. The summed E-state index contributed by atoms with van der Waals surface area (Å²) < 4.78 is 20.5. The SMILES string of the molecule is C=C(C)C(O)CC[C@H](C)[C@H]1C=C[C@H](C)c2c(O[Si](C)(C)C(C)(C)C)c(OC)c(C)c(O[Si](C)(C)C(C)(C)C)c21. The maximum atomic E-state index is 10.5. The highest BCUT2D eigenvalue weighted by molar-refractivity contribution is 6.75. The molecule has 1 aliphatic carbocycles. The normalized spacial score (nSPS) is 19.8. The predicted octanol–water partition coefficient (Wildman–Crippen LogP) is 9.88. The Morgan fingerprint density at radius 1 is 0.897 bits per heavy atom. The van der Waals surface area contributed by atoms with Crippen LogP contribution in [0.1, 0.15) is 104 Å². The van der Waals surface area contributed by atoms with Crippen molar-refractivity contribution in [3.05, 3.63) is 41.0 Å². The summed E-state index contributed by atoms with van der Waals surface area (Å²) in [4.78, 5) is 0. The highest BCUT2D eigenvalue weighted by atomic mass is 28.4. The molecule has 1 N–H and O–H groups in total. The molecule has 2 rings (SSSR count). The van der Waals surface area contributed by atoms with Gasteiger partial charge in [0.05, 0.1) is 13.2 Å². The van der Waals surface area contributed by atoms with Crippen molar-refractivity contribution in [1.82, 2.24) is 0 Å². The van der Waals surface area contributed by atoms with Crippen molar-refractivity contribution in [2.75, 3.05) is 7.11 Å². The van der Waals surface area contributed by atoms with Crippen molar-refractivity contribution >= 4 is 16.6 Å². The predicted molar refractivity (Wildman–Crippen MR) is 173 cm³/mol. The Morgan fingerprint density at radius 3 is 1.82 bits per heavy atom. The van der Waals surface area contributed by atoms with Gasteiger partial charge in [-0.2, -0.15) is 0 Å². The molecule has 0 bridgehead atoms. The van der Waals surface area contributed by atoms with Crippen LogP contribution < -0.4 is 13.6 Å². The lowest BCUT2D eigenvalue weighted by molar-refractivity contribution is 0.188. The molecule has 0 fully saturated rings. The van der Waals surface area contributed by atoms with E-state index >= 15 is 0 Å². The molecule has 0 saturated heterocycles. The minimum Gasteiger partial charge on any atom is -0.543 e. The van der Waals surface area contributed by atoms with E-state index in [4.69, 9.17) is 13.6 Å². The zero-order valence-electron chi connectivity index (χ0n) is 27.8. The Kier molecular flexibility index (Phi) is 10.2. The first-order valence-electron chi connectivity index (χ1n) is 14.7. The molecule has 0 radical (unpaired) electrons. The molecule has 4 nitrogen and oxygen atoms in total. The summed E-state index contributed by atoms with van der Waals surface area (Å²) >= 11 is 0. The maximum Gasteiger partial charge on any atom is 0.250 e. The smallest absolute Gasteiger partial charge is 0.250 e. The lowest BCUT2D eigenvalue weighted by atomic mass is 9.74. The van der Waals surface area contributed by atoms with Crippen LogP contribution in [0.2, 0.25) is 36.3 Å². The van der Waals surface area contributed by atoms with Crippen LogP contribution in [0.3, 0.4) is 0 Å². The summed E-state index contributed by atoms with van der Waals surface area (Å²) in [6.07, 6.45) is 5.80. The number of benzene rings is 1. The first kappa shape index (κ1) is 33.7. The van der Waals surface area contributed by atoms with Gasteiger partial charge in [0.1, 0.15) is 5.75 Å². The Balaban J connectivity index is 2.88. The van der Waals surface area contributed by atoms with Gasteiger partial charge in [0, 0.05) is 28.5 Å². The first-order chi connectivity index (χ1) is 17.6. The van der Waals surface area contributed by atoms with Crippen molar-refractivity contribution in [2.45, 2.75) is 136 Å². The van der Waals surface area contributed by atoms with E-state index in [9.17, 15) is 5.11 Å². The third kappa shape index (κ3) is 7.05. The van der Waals surface area contributed by atoms with Gasteiger partial charge in [-0.1, -0.05) is 79.7 Å². The average molecular weight is 575 g/mol. The molecule has 222 valence electrons. The van der Waals surface area contributed by atoms with E-state index in [2.05, 4.69) is 107 Å². The monoisotopic (exact) mass is 574 g/mol. The summed E-state index contributed by atoms with van der Waals surface area (Å²) in [5.41, 5.74) is 4.30. The van der Waals surface area contributed by atoms with E-state index in [0.29, 0.717) is 12.3 Å². The number of ether oxygens (including phenoxy) is 1. The number of methoxy groups -OCH3 is 1. The fourth-order valence-electron chi connectivity index (χ4n) is 4.72. The highest BCUT2D eigenvalue weighted by Gasteiger charge is 2.45. The van der Waals surface area contributed by atoms with Crippen LogP contribution >= 0.6 is 0 Å². The zero-order valence-corrected chi connectivity index (χ0v) is 29.8. The fourth-order valence-corrected chi connectivity index (χ4v) is 6.82. The van der Waals surface area contributed by atoms with E-state index in [1.54, 1.807) is 7.11 Å². The number of allylic oxidation sites excluding steroid dienone is 2. The molecule has 1 unspecified atom stereocenters. The summed E-state index contributed by atoms with van der Waals surface area (Å²) in [6, 6.07) is 0. The van der Waals surface area contributed by atoms with Crippen molar-refractivity contribution in [3.8, 4) is 17.2 Å². The van der Waals surface area contributed by atoms with Crippen LogP contribution in [-0.4, -0.2) is 35.0 Å². The molecule has 1 aromatic rings. The Hall–Kier alpha value is -1.51. The molecule has 6 heteroatoms. The molecule has 1 aromatic carbocycles. The molecular weight excluding hydrogens is 517 g/mol. The number of aliphatic hydroxyl groups excluding tert-OH is 1. The zero-order chi connectivity index (χ0) is 30.3. The van der Waals surface area contributed by atoms with Gasteiger partial charge in [-0.05, 0) is 68.9 Å². The largest absolute Gasteiger partial charge is 0.543 e. The van der Waals surface area contributed by atoms with Gasteiger partial charge in [0.2, 0.25) is 0 Å². The van der Waals surface area contributed by atoms with Gasteiger partial charge < -0.3 is 18.7 Å². The molecule has 0 spiro atoms. The van der Waals surface area contributed by atoms with Gasteiger partial charge in [0.15, 0.2) is 11.5 Å². The van der Waals surface area contributed by atoms with Crippen LogP contribution in [-0.2, 0) is 0 Å². The van der Waals surface area contributed by atoms with Crippen LogP contribution in [0.4, 0.5) is 0 Å². The second-order valence-corrected chi connectivity index (χ2v) is 24.4. The minimum absolute atomic E-state index is 0.0498. The maximum absolute atomic E-state index is 10.5. The summed E-state index contributed by atoms with van der Waals surface area (Å²) in [5.74, 6) is 3.30. The summed E-state index contributed by atoms with van der Waals surface area (Å²) in [5, 5.41) is 10.6. The van der Waals surface area contributed by atoms with Gasteiger partial charge in [-0.3, -0.25) is 0 Å². The molecule has 0 amide bonds.